The van der Waals surface area contributed by atoms with E-state index >= 15 is 0 Å². The number of nitrogens with zero attached hydrogens (tertiary/aromatic N) is 4. The molecule has 1 aromatic carbocycles. The molecule has 0 radical (unpaired) electrons. The molecule has 1 saturated heterocycles. The fourth-order valence-electron chi connectivity index (χ4n) is 4.24. The molecule has 1 aliphatic rings. The minimum absolute atomic E-state index is 0.0674. The molecule has 1 fully saturated rings. The molecule has 6 nitrogen and oxygen atoms in total. The lowest BCUT2D eigenvalue weighted by atomic mass is 9.94. The second kappa shape index (κ2) is 8.59. The van der Waals surface area contributed by atoms with E-state index in [1.807, 2.05) is 18.6 Å². The van der Waals surface area contributed by atoms with Gasteiger partial charge in [0.2, 0.25) is 0 Å². The largest absolute Gasteiger partial charge is 0.381 e. The number of benzene rings is 1. The number of likely N-dealkylation sites (tertiary alicyclic amines) is 1. The highest BCUT2D eigenvalue weighted by Gasteiger charge is 2.24. The van der Waals surface area contributed by atoms with Crippen molar-refractivity contribution in [2.45, 2.75) is 33.2 Å². The zero-order valence-corrected chi connectivity index (χ0v) is 18.4. The van der Waals surface area contributed by atoms with Gasteiger partial charge in [0.05, 0.1) is 23.1 Å². The quantitative estimate of drug-likeness (QED) is 0.621. The molecule has 0 spiro atoms. The van der Waals surface area contributed by atoms with Gasteiger partial charge in [-0.1, -0.05) is 6.92 Å². The van der Waals surface area contributed by atoms with Gasteiger partial charge in [-0.15, -0.1) is 0 Å². The molecule has 2 unspecified atom stereocenters. The monoisotopic (exact) mass is 421 g/mol. The Hall–Kier alpha value is -3.06. The summed E-state index contributed by atoms with van der Waals surface area (Å²) in [5.74, 6) is -0.258. The average Bonchev–Trinajstić information content (AvgIpc) is 3.20. The molecule has 0 saturated carbocycles. The van der Waals surface area contributed by atoms with E-state index in [0.717, 1.165) is 36.3 Å². The lowest BCUT2D eigenvalue weighted by molar-refractivity contribution is 0.101. The van der Waals surface area contributed by atoms with Crippen LogP contribution < -0.4 is 5.32 Å². The second-order valence-corrected chi connectivity index (χ2v) is 8.59. The molecule has 1 N–H and O–H groups in total. The number of anilines is 1. The summed E-state index contributed by atoms with van der Waals surface area (Å²) in [5.41, 5.74) is 4.30. The number of nitrogens with one attached hydrogen (secondary N) is 1. The van der Waals surface area contributed by atoms with E-state index in [9.17, 15) is 9.18 Å². The van der Waals surface area contributed by atoms with Crippen LogP contribution in [0.3, 0.4) is 0 Å². The zero-order valence-electron chi connectivity index (χ0n) is 18.4. The Balaban J connectivity index is 1.58. The van der Waals surface area contributed by atoms with Crippen LogP contribution in [0.5, 0.6) is 0 Å². The van der Waals surface area contributed by atoms with E-state index in [1.165, 1.54) is 13.0 Å². The SMILES string of the molecule is CC(=O)c1cc(-n2cc(-c3cncc(NC4CCN(C)CC4C)c3)cn2)c(C)cc1F. The van der Waals surface area contributed by atoms with E-state index in [4.69, 9.17) is 0 Å². The first-order chi connectivity index (χ1) is 14.8. The molecule has 7 heteroatoms. The summed E-state index contributed by atoms with van der Waals surface area (Å²) >= 11 is 0. The number of carbonyl (C=O) groups excluding carboxylic acids is 1. The number of carbonyl (C=O) groups is 1. The Kier molecular flexibility index (Phi) is 5.87. The third-order valence-electron chi connectivity index (χ3n) is 6.03. The van der Waals surface area contributed by atoms with Crippen LogP contribution in [0.4, 0.5) is 10.1 Å². The number of piperidine rings is 1. The minimum Gasteiger partial charge on any atom is -0.381 e. The van der Waals surface area contributed by atoms with Gasteiger partial charge in [0.25, 0.3) is 0 Å². The normalized spacial score (nSPS) is 19.4. The van der Waals surface area contributed by atoms with E-state index in [-0.39, 0.29) is 11.3 Å². The molecule has 0 bridgehead atoms. The fourth-order valence-corrected chi connectivity index (χ4v) is 4.24. The van der Waals surface area contributed by atoms with Gasteiger partial charge in [-0.25, -0.2) is 9.07 Å². The van der Waals surface area contributed by atoms with Crippen molar-refractivity contribution in [2.75, 3.05) is 25.5 Å². The molecular formula is C24H28FN5O. The lowest BCUT2D eigenvalue weighted by Crippen LogP contribution is -2.43. The predicted molar refractivity (Wildman–Crippen MR) is 120 cm³/mol. The molecule has 3 aromatic rings. The maximum Gasteiger partial charge on any atom is 0.162 e. The molecule has 3 heterocycles. The smallest absolute Gasteiger partial charge is 0.162 e. The Morgan fingerprint density at radius 3 is 2.74 bits per heavy atom. The topological polar surface area (TPSA) is 63.1 Å². The van der Waals surface area contributed by atoms with Crippen molar-refractivity contribution in [3.8, 4) is 16.8 Å². The summed E-state index contributed by atoms with van der Waals surface area (Å²) in [6.07, 6.45) is 8.39. The molecule has 4 rings (SSSR count). The number of hydrogen-bond donors (Lipinski definition) is 1. The maximum atomic E-state index is 14.1. The van der Waals surface area contributed by atoms with Crippen molar-refractivity contribution < 1.29 is 9.18 Å². The molecule has 2 atom stereocenters. The van der Waals surface area contributed by atoms with Gasteiger partial charge in [0, 0.05) is 42.3 Å². The van der Waals surface area contributed by atoms with Gasteiger partial charge in [-0.3, -0.25) is 9.78 Å². The maximum absolute atomic E-state index is 14.1. The fraction of sp³-hybridized carbons (Fsp3) is 0.375. The van der Waals surface area contributed by atoms with Crippen molar-refractivity contribution in [1.29, 1.82) is 0 Å². The van der Waals surface area contributed by atoms with E-state index in [1.54, 1.807) is 23.9 Å². The Bertz CT molecular complexity index is 1110. The van der Waals surface area contributed by atoms with Crippen molar-refractivity contribution in [3.63, 3.8) is 0 Å². The number of Topliss-reactive ketones (excluding diaryl/α,β-unsaturated/α-hetero) is 1. The van der Waals surface area contributed by atoms with Crippen LogP contribution in [0.1, 0.15) is 36.2 Å². The summed E-state index contributed by atoms with van der Waals surface area (Å²) in [5, 5.41) is 8.09. The Labute approximate surface area is 182 Å². The number of rotatable bonds is 5. The van der Waals surface area contributed by atoms with Crippen LogP contribution in [0.15, 0.2) is 43.0 Å². The molecule has 0 amide bonds. The van der Waals surface area contributed by atoms with Crippen molar-refractivity contribution >= 4 is 11.5 Å². The van der Waals surface area contributed by atoms with Gasteiger partial charge < -0.3 is 10.2 Å². The highest BCUT2D eigenvalue weighted by atomic mass is 19.1. The van der Waals surface area contributed by atoms with E-state index < -0.39 is 5.82 Å². The average molecular weight is 422 g/mol. The number of aromatic nitrogens is 3. The predicted octanol–water partition coefficient (Wildman–Crippen LogP) is 4.34. The number of halogens is 1. The van der Waals surface area contributed by atoms with Crippen molar-refractivity contribution in [3.05, 3.63) is 59.9 Å². The van der Waals surface area contributed by atoms with Gasteiger partial charge >= 0.3 is 0 Å². The van der Waals surface area contributed by atoms with Crippen LogP contribution in [-0.4, -0.2) is 51.6 Å². The van der Waals surface area contributed by atoms with Gasteiger partial charge in [0.1, 0.15) is 5.82 Å². The highest BCUT2D eigenvalue weighted by Crippen LogP contribution is 2.26. The minimum atomic E-state index is -0.507. The van der Waals surface area contributed by atoms with Crippen LogP contribution in [0, 0.1) is 18.7 Å². The standard InChI is InChI=1S/C24H28FN5O/c1-15-7-22(25)21(17(3)31)9-24(15)30-14-19(11-27-30)18-8-20(12-26-10-18)28-23-5-6-29(4)13-16(23)2/h7-12,14,16,23,28H,5-6,13H2,1-4H3. The van der Waals surface area contributed by atoms with Crippen molar-refractivity contribution in [2.24, 2.45) is 5.92 Å². The first-order valence-electron chi connectivity index (χ1n) is 10.6. The van der Waals surface area contributed by atoms with Gasteiger partial charge in [0.15, 0.2) is 5.78 Å². The highest BCUT2D eigenvalue weighted by molar-refractivity contribution is 5.95. The molecule has 0 aliphatic carbocycles. The molecule has 1 aliphatic heterocycles. The number of aryl methyl sites for hydroxylation is 1. The number of pyridine rings is 1. The summed E-state index contributed by atoms with van der Waals surface area (Å²) in [7, 11) is 2.16. The molecular weight excluding hydrogens is 393 g/mol. The summed E-state index contributed by atoms with van der Waals surface area (Å²) < 4.78 is 15.8. The Morgan fingerprint density at radius 1 is 1.19 bits per heavy atom. The zero-order chi connectivity index (χ0) is 22.1. The van der Waals surface area contributed by atoms with Gasteiger partial charge in [-0.05, 0) is 63.5 Å². The molecule has 2 aromatic heterocycles. The second-order valence-electron chi connectivity index (χ2n) is 8.59. The first-order valence-corrected chi connectivity index (χ1v) is 10.6. The molecule has 162 valence electrons. The Morgan fingerprint density at radius 2 is 2.00 bits per heavy atom. The third kappa shape index (κ3) is 4.51. The van der Waals surface area contributed by atoms with Crippen LogP contribution in [0.25, 0.3) is 16.8 Å². The van der Waals surface area contributed by atoms with Crippen molar-refractivity contribution in [1.82, 2.24) is 19.7 Å². The third-order valence-corrected chi connectivity index (χ3v) is 6.03. The molecule has 31 heavy (non-hydrogen) atoms. The van der Waals surface area contributed by atoms with Gasteiger partial charge in [-0.2, -0.15) is 5.10 Å². The van der Waals surface area contributed by atoms with Crippen LogP contribution in [-0.2, 0) is 0 Å². The lowest BCUT2D eigenvalue weighted by Gasteiger charge is -2.35. The summed E-state index contributed by atoms with van der Waals surface area (Å²) in [6, 6.07) is 5.43. The summed E-state index contributed by atoms with van der Waals surface area (Å²) in [4.78, 5) is 18.5. The number of ketones is 1. The van der Waals surface area contributed by atoms with E-state index in [0.29, 0.717) is 23.2 Å². The van der Waals surface area contributed by atoms with Crippen LogP contribution >= 0.6 is 0 Å². The number of hydrogen-bond acceptors (Lipinski definition) is 5. The first kappa shape index (κ1) is 21.2. The van der Waals surface area contributed by atoms with E-state index in [2.05, 4.69) is 40.3 Å². The van der Waals surface area contributed by atoms with Crippen LogP contribution in [0.2, 0.25) is 0 Å². The summed E-state index contributed by atoms with van der Waals surface area (Å²) in [6.45, 7) is 7.60.